The van der Waals surface area contributed by atoms with Gasteiger partial charge in [-0.2, -0.15) is 5.26 Å². The molecule has 0 rings (SSSR count). The highest BCUT2D eigenvalue weighted by molar-refractivity contribution is 4.97. The number of aliphatic hydroxyl groups is 1. The van der Waals surface area contributed by atoms with E-state index in [1.807, 2.05) is 0 Å². The minimum absolute atomic E-state index is 0.125. The molecule has 3 nitrogen and oxygen atoms in total. The van der Waals surface area contributed by atoms with Gasteiger partial charge < -0.3 is 9.84 Å². The normalized spacial score (nSPS) is 9.33. The monoisotopic (exact) mass is 127 g/mol. The summed E-state index contributed by atoms with van der Waals surface area (Å²) in [6.45, 7) is 0.592. The van der Waals surface area contributed by atoms with Gasteiger partial charge in [0.05, 0.1) is 25.0 Å². The maximum absolute atomic E-state index is 8.25. The predicted molar refractivity (Wildman–Crippen MR) is 32.4 cm³/mol. The Morgan fingerprint density at radius 1 is 1.67 bits per heavy atom. The first-order chi connectivity index (χ1) is 4.41. The van der Waals surface area contributed by atoms with E-state index in [-0.39, 0.29) is 6.61 Å². The lowest BCUT2D eigenvalue weighted by Gasteiger charge is -1.94. The number of nitriles is 1. The van der Waals surface area contributed by atoms with E-state index >= 15 is 0 Å². The Morgan fingerprint density at radius 3 is 3.00 bits per heavy atom. The first-order valence-corrected chi connectivity index (χ1v) is 2.69. The number of hydrogen-bond acceptors (Lipinski definition) is 3. The molecular formula is C6H9NO2. The van der Waals surface area contributed by atoms with Gasteiger partial charge in [-0.1, -0.05) is 0 Å². The van der Waals surface area contributed by atoms with Crippen molar-refractivity contribution in [3.63, 3.8) is 0 Å². The molecule has 1 N–H and O–H groups in total. The smallest absolute Gasteiger partial charge is 0.0944 e. The van der Waals surface area contributed by atoms with Gasteiger partial charge in [0.15, 0.2) is 0 Å². The van der Waals surface area contributed by atoms with Crippen molar-refractivity contribution in [2.75, 3.05) is 13.2 Å². The molecule has 0 saturated heterocycles. The summed E-state index contributed by atoms with van der Waals surface area (Å²) < 4.78 is 4.75. The van der Waals surface area contributed by atoms with E-state index in [0.717, 1.165) is 0 Å². The highest BCUT2D eigenvalue weighted by Crippen LogP contribution is 1.80. The Balaban J connectivity index is 2.93. The zero-order chi connectivity index (χ0) is 6.95. The van der Waals surface area contributed by atoms with Crippen molar-refractivity contribution < 1.29 is 9.84 Å². The molecule has 0 saturated carbocycles. The van der Waals surface area contributed by atoms with Gasteiger partial charge in [0.1, 0.15) is 0 Å². The van der Waals surface area contributed by atoms with Crippen LogP contribution in [0.25, 0.3) is 0 Å². The zero-order valence-corrected chi connectivity index (χ0v) is 5.08. The number of nitrogens with zero attached hydrogens (tertiary/aromatic N) is 1. The van der Waals surface area contributed by atoms with Crippen LogP contribution in [0.15, 0.2) is 12.3 Å². The Labute approximate surface area is 54.2 Å². The Bertz CT molecular complexity index is 115. The molecule has 0 aliphatic heterocycles. The van der Waals surface area contributed by atoms with E-state index in [0.29, 0.717) is 13.0 Å². The SMILES string of the molecule is N#C/C=C/OCCCO. The van der Waals surface area contributed by atoms with Gasteiger partial charge in [-0.15, -0.1) is 0 Å². The Hall–Kier alpha value is -1.01. The van der Waals surface area contributed by atoms with E-state index in [2.05, 4.69) is 0 Å². The van der Waals surface area contributed by atoms with Gasteiger partial charge in [-0.05, 0) is 0 Å². The molecule has 0 aromatic carbocycles. The number of rotatable bonds is 4. The maximum atomic E-state index is 8.25. The molecule has 50 valence electrons. The van der Waals surface area contributed by atoms with Crippen LogP contribution in [0.4, 0.5) is 0 Å². The van der Waals surface area contributed by atoms with Crippen LogP contribution < -0.4 is 0 Å². The molecule has 3 heteroatoms. The van der Waals surface area contributed by atoms with Crippen LogP contribution >= 0.6 is 0 Å². The fourth-order valence-electron chi connectivity index (χ4n) is 0.294. The Kier molecular flexibility index (Phi) is 6.21. The van der Waals surface area contributed by atoms with Crippen molar-refractivity contribution in [1.29, 1.82) is 5.26 Å². The number of ether oxygens (including phenoxy) is 1. The standard InChI is InChI=1S/C6H9NO2/c7-3-1-5-9-6-2-4-8/h1,5,8H,2,4,6H2/b5-1+. The molecule has 0 heterocycles. The van der Waals surface area contributed by atoms with Gasteiger partial charge in [0.2, 0.25) is 0 Å². The van der Waals surface area contributed by atoms with Gasteiger partial charge in [0, 0.05) is 13.0 Å². The molecule has 0 spiro atoms. The molecule has 9 heavy (non-hydrogen) atoms. The first-order valence-electron chi connectivity index (χ1n) is 2.69. The average Bonchev–Trinajstić information content (AvgIpc) is 1.89. The topological polar surface area (TPSA) is 53.2 Å². The van der Waals surface area contributed by atoms with E-state index < -0.39 is 0 Å². The molecule has 0 amide bonds. The van der Waals surface area contributed by atoms with E-state index in [1.54, 1.807) is 6.07 Å². The van der Waals surface area contributed by atoms with Crippen molar-refractivity contribution in [1.82, 2.24) is 0 Å². The van der Waals surface area contributed by atoms with Crippen LogP contribution in [0, 0.1) is 11.3 Å². The van der Waals surface area contributed by atoms with Crippen molar-refractivity contribution in [2.24, 2.45) is 0 Å². The van der Waals surface area contributed by atoms with Gasteiger partial charge >= 0.3 is 0 Å². The minimum Gasteiger partial charge on any atom is -0.500 e. The second-order valence-electron chi connectivity index (χ2n) is 1.38. The molecular weight excluding hydrogens is 118 g/mol. The van der Waals surface area contributed by atoms with Crippen LogP contribution in [0.5, 0.6) is 0 Å². The molecule has 0 fully saturated rings. The highest BCUT2D eigenvalue weighted by Gasteiger charge is 1.79. The summed E-state index contributed by atoms with van der Waals surface area (Å²) in [6.07, 6.45) is 3.17. The lowest BCUT2D eigenvalue weighted by molar-refractivity contribution is 0.200. The summed E-state index contributed by atoms with van der Waals surface area (Å²) in [5.41, 5.74) is 0. The molecule has 0 aromatic rings. The summed E-state index contributed by atoms with van der Waals surface area (Å²) in [6, 6.07) is 1.78. The first kappa shape index (κ1) is 7.99. The van der Waals surface area contributed by atoms with Crippen molar-refractivity contribution in [3.8, 4) is 6.07 Å². The summed E-state index contributed by atoms with van der Waals surface area (Å²) in [4.78, 5) is 0. The van der Waals surface area contributed by atoms with E-state index in [1.165, 1.54) is 12.3 Å². The lowest BCUT2D eigenvalue weighted by Crippen LogP contribution is -1.90. The van der Waals surface area contributed by atoms with Crippen LogP contribution in [0.2, 0.25) is 0 Å². The molecule has 0 aromatic heterocycles. The molecule has 0 unspecified atom stereocenters. The van der Waals surface area contributed by atoms with Crippen LogP contribution in [0.3, 0.4) is 0 Å². The minimum atomic E-state index is 0.125. The van der Waals surface area contributed by atoms with Crippen molar-refractivity contribution in [2.45, 2.75) is 6.42 Å². The largest absolute Gasteiger partial charge is 0.500 e. The predicted octanol–water partition coefficient (Wildman–Crippen LogP) is 0.423. The Morgan fingerprint density at radius 2 is 2.44 bits per heavy atom. The van der Waals surface area contributed by atoms with Crippen molar-refractivity contribution in [3.05, 3.63) is 12.3 Å². The van der Waals surface area contributed by atoms with Crippen LogP contribution in [-0.4, -0.2) is 18.3 Å². The maximum Gasteiger partial charge on any atom is 0.0944 e. The zero-order valence-electron chi connectivity index (χ0n) is 5.08. The second-order valence-corrected chi connectivity index (χ2v) is 1.38. The summed E-state index contributed by atoms with van der Waals surface area (Å²) in [5, 5.41) is 16.2. The van der Waals surface area contributed by atoms with Crippen LogP contribution in [-0.2, 0) is 4.74 Å². The quantitative estimate of drug-likeness (QED) is 0.338. The molecule has 0 aliphatic rings. The number of hydrogen-bond donors (Lipinski definition) is 1. The van der Waals surface area contributed by atoms with Gasteiger partial charge in [-0.3, -0.25) is 0 Å². The van der Waals surface area contributed by atoms with Gasteiger partial charge in [0.25, 0.3) is 0 Å². The molecule has 0 aliphatic carbocycles. The molecule has 0 bridgehead atoms. The second kappa shape index (κ2) is 6.99. The lowest BCUT2D eigenvalue weighted by atomic mass is 10.5. The summed E-state index contributed by atoms with van der Waals surface area (Å²) in [7, 11) is 0. The summed E-state index contributed by atoms with van der Waals surface area (Å²) in [5.74, 6) is 0. The average molecular weight is 127 g/mol. The van der Waals surface area contributed by atoms with Crippen molar-refractivity contribution >= 4 is 0 Å². The third kappa shape index (κ3) is 6.99. The fraction of sp³-hybridized carbons (Fsp3) is 0.500. The van der Waals surface area contributed by atoms with E-state index in [9.17, 15) is 0 Å². The van der Waals surface area contributed by atoms with Crippen LogP contribution in [0.1, 0.15) is 6.42 Å². The summed E-state index contributed by atoms with van der Waals surface area (Å²) >= 11 is 0. The highest BCUT2D eigenvalue weighted by atomic mass is 16.5. The third-order valence-corrected chi connectivity index (χ3v) is 0.659. The third-order valence-electron chi connectivity index (χ3n) is 0.659. The molecule has 0 radical (unpaired) electrons. The van der Waals surface area contributed by atoms with E-state index in [4.69, 9.17) is 15.1 Å². The molecule has 0 atom stereocenters. The van der Waals surface area contributed by atoms with Gasteiger partial charge in [-0.25, -0.2) is 0 Å². The number of aliphatic hydroxyl groups excluding tert-OH is 1. The fourth-order valence-corrected chi connectivity index (χ4v) is 0.294. The number of allylic oxidation sites excluding steroid dienone is 1.